The summed E-state index contributed by atoms with van der Waals surface area (Å²) >= 11 is 0. The summed E-state index contributed by atoms with van der Waals surface area (Å²) in [4.78, 5) is 11.3. The molecule has 3 aliphatic rings. The zero-order valence-corrected chi connectivity index (χ0v) is 11.4. The van der Waals surface area contributed by atoms with Crippen molar-refractivity contribution in [1.29, 1.82) is 0 Å². The molecular weight excluding hydrogens is 244 g/mol. The summed E-state index contributed by atoms with van der Waals surface area (Å²) in [6, 6.07) is -0.141. The van der Waals surface area contributed by atoms with Gasteiger partial charge in [-0.1, -0.05) is 0 Å². The Hall–Kier alpha value is -0.650. The number of amides is 1. The summed E-state index contributed by atoms with van der Waals surface area (Å²) < 4.78 is 11.5. The Bertz CT molecular complexity index is 342. The smallest absolute Gasteiger partial charge is 0.234 e. The van der Waals surface area contributed by atoms with Crippen LogP contribution in [0.15, 0.2) is 0 Å². The van der Waals surface area contributed by atoms with Gasteiger partial charge in [0.15, 0.2) is 0 Å². The molecule has 108 valence electrons. The van der Waals surface area contributed by atoms with Gasteiger partial charge in [0.2, 0.25) is 5.91 Å². The van der Waals surface area contributed by atoms with Crippen LogP contribution in [0.4, 0.5) is 0 Å². The van der Waals surface area contributed by atoms with Gasteiger partial charge in [0.1, 0.15) is 0 Å². The molecule has 0 radical (unpaired) electrons. The number of nitrogens with two attached hydrogens (primary N) is 1. The van der Waals surface area contributed by atoms with Crippen molar-refractivity contribution in [3.05, 3.63) is 0 Å². The van der Waals surface area contributed by atoms with Crippen LogP contribution in [0.25, 0.3) is 0 Å². The predicted octanol–water partition coefficient (Wildman–Crippen LogP) is 0.426. The molecule has 0 aliphatic carbocycles. The number of carbonyl (C=O) groups is 1. The van der Waals surface area contributed by atoms with E-state index in [1.807, 2.05) is 0 Å². The normalized spacial score (nSPS) is 43.5. The van der Waals surface area contributed by atoms with Gasteiger partial charge >= 0.3 is 0 Å². The summed E-state index contributed by atoms with van der Waals surface area (Å²) in [5.41, 5.74) is 5.40. The average molecular weight is 268 g/mol. The third kappa shape index (κ3) is 2.78. The van der Waals surface area contributed by atoms with E-state index in [4.69, 9.17) is 15.2 Å². The van der Waals surface area contributed by atoms with Gasteiger partial charge in [-0.25, -0.2) is 0 Å². The van der Waals surface area contributed by atoms with Crippen molar-refractivity contribution in [2.75, 3.05) is 26.4 Å². The summed E-state index contributed by atoms with van der Waals surface area (Å²) in [7, 11) is 0. The monoisotopic (exact) mass is 268 g/mol. The Labute approximate surface area is 114 Å². The minimum atomic E-state index is -0.212. The van der Waals surface area contributed by atoms with Crippen LogP contribution < -0.4 is 11.1 Å². The molecule has 0 saturated carbocycles. The minimum absolute atomic E-state index is 0.0317. The first-order chi connectivity index (χ1) is 9.19. The Morgan fingerprint density at radius 2 is 2.16 bits per heavy atom. The van der Waals surface area contributed by atoms with Crippen LogP contribution in [0.1, 0.15) is 32.1 Å². The average Bonchev–Trinajstić information content (AvgIpc) is 2.87. The SMILES string of the molecule is NC(=O)C1CC(C2CCOC3(CCOC3)C2)CCN1. The van der Waals surface area contributed by atoms with Crippen molar-refractivity contribution in [3.8, 4) is 0 Å². The maximum atomic E-state index is 11.3. The summed E-state index contributed by atoms with van der Waals surface area (Å²) in [5, 5.41) is 3.22. The number of ether oxygens (including phenoxy) is 2. The maximum absolute atomic E-state index is 11.3. The van der Waals surface area contributed by atoms with Crippen molar-refractivity contribution >= 4 is 5.91 Å². The van der Waals surface area contributed by atoms with Crippen LogP contribution in [0.5, 0.6) is 0 Å². The highest BCUT2D eigenvalue weighted by Gasteiger charge is 2.43. The molecule has 0 aromatic heterocycles. The molecule has 5 heteroatoms. The number of carbonyl (C=O) groups excluding carboxylic acids is 1. The first-order valence-electron chi connectivity index (χ1n) is 7.43. The van der Waals surface area contributed by atoms with E-state index in [1.165, 1.54) is 0 Å². The molecule has 0 bridgehead atoms. The van der Waals surface area contributed by atoms with Crippen molar-refractivity contribution in [2.24, 2.45) is 17.6 Å². The molecule has 4 unspecified atom stereocenters. The van der Waals surface area contributed by atoms with E-state index < -0.39 is 0 Å². The molecule has 3 fully saturated rings. The van der Waals surface area contributed by atoms with Gasteiger partial charge in [0.25, 0.3) is 0 Å². The van der Waals surface area contributed by atoms with Gasteiger partial charge in [0, 0.05) is 19.6 Å². The summed E-state index contributed by atoms with van der Waals surface area (Å²) in [6.45, 7) is 3.30. The second kappa shape index (κ2) is 5.38. The zero-order valence-electron chi connectivity index (χ0n) is 11.4. The fraction of sp³-hybridized carbons (Fsp3) is 0.929. The Kier molecular flexibility index (Phi) is 3.78. The highest BCUT2D eigenvalue weighted by molar-refractivity contribution is 5.79. The van der Waals surface area contributed by atoms with E-state index in [-0.39, 0.29) is 17.6 Å². The lowest BCUT2D eigenvalue weighted by atomic mass is 9.73. The van der Waals surface area contributed by atoms with Gasteiger partial charge in [-0.3, -0.25) is 4.79 Å². The van der Waals surface area contributed by atoms with Crippen molar-refractivity contribution in [1.82, 2.24) is 5.32 Å². The highest BCUT2D eigenvalue weighted by atomic mass is 16.6. The van der Waals surface area contributed by atoms with E-state index >= 15 is 0 Å². The molecular formula is C14H24N2O3. The number of primary amides is 1. The van der Waals surface area contributed by atoms with E-state index in [9.17, 15) is 4.79 Å². The third-order valence-electron chi connectivity index (χ3n) is 5.05. The number of hydrogen-bond acceptors (Lipinski definition) is 4. The largest absolute Gasteiger partial charge is 0.378 e. The van der Waals surface area contributed by atoms with Crippen molar-refractivity contribution < 1.29 is 14.3 Å². The lowest BCUT2D eigenvalue weighted by Gasteiger charge is -2.42. The molecule has 3 heterocycles. The lowest BCUT2D eigenvalue weighted by molar-refractivity contribution is -0.123. The zero-order chi connectivity index (χ0) is 13.3. The van der Waals surface area contributed by atoms with Gasteiger partial charge in [-0.05, 0) is 44.1 Å². The fourth-order valence-corrected chi connectivity index (χ4v) is 3.92. The Morgan fingerprint density at radius 1 is 1.26 bits per heavy atom. The molecule has 4 atom stereocenters. The van der Waals surface area contributed by atoms with E-state index in [1.54, 1.807) is 0 Å². The quantitative estimate of drug-likeness (QED) is 0.761. The maximum Gasteiger partial charge on any atom is 0.234 e. The molecule has 3 aliphatic heterocycles. The number of rotatable bonds is 2. The molecule has 3 saturated heterocycles. The van der Waals surface area contributed by atoms with Crippen LogP contribution in [-0.2, 0) is 14.3 Å². The van der Waals surface area contributed by atoms with Crippen LogP contribution in [0.2, 0.25) is 0 Å². The van der Waals surface area contributed by atoms with E-state index in [0.717, 1.165) is 58.5 Å². The van der Waals surface area contributed by atoms with Crippen molar-refractivity contribution in [3.63, 3.8) is 0 Å². The van der Waals surface area contributed by atoms with Gasteiger partial charge in [-0.2, -0.15) is 0 Å². The van der Waals surface area contributed by atoms with Gasteiger partial charge in [0.05, 0.1) is 18.2 Å². The summed E-state index contributed by atoms with van der Waals surface area (Å²) in [6.07, 6.45) is 5.25. The molecule has 1 spiro atoms. The lowest BCUT2D eigenvalue weighted by Crippen LogP contribution is -2.50. The second-order valence-corrected chi connectivity index (χ2v) is 6.28. The number of nitrogens with one attached hydrogen (secondary N) is 1. The fourth-order valence-electron chi connectivity index (χ4n) is 3.92. The predicted molar refractivity (Wildman–Crippen MR) is 70.6 cm³/mol. The first-order valence-corrected chi connectivity index (χ1v) is 7.43. The second-order valence-electron chi connectivity index (χ2n) is 6.28. The molecule has 3 N–H and O–H groups in total. The molecule has 0 aromatic carbocycles. The molecule has 19 heavy (non-hydrogen) atoms. The first kappa shape index (κ1) is 13.3. The van der Waals surface area contributed by atoms with Crippen LogP contribution in [0.3, 0.4) is 0 Å². The third-order valence-corrected chi connectivity index (χ3v) is 5.05. The summed E-state index contributed by atoms with van der Waals surface area (Å²) in [5.74, 6) is 1.04. The van der Waals surface area contributed by atoms with Gasteiger partial charge < -0.3 is 20.5 Å². The minimum Gasteiger partial charge on any atom is -0.378 e. The molecule has 1 amide bonds. The Morgan fingerprint density at radius 3 is 2.89 bits per heavy atom. The Balaban J connectivity index is 1.63. The van der Waals surface area contributed by atoms with Crippen LogP contribution >= 0.6 is 0 Å². The van der Waals surface area contributed by atoms with Crippen LogP contribution in [-0.4, -0.2) is 43.9 Å². The standard InChI is InChI=1S/C14H24N2O3/c15-13(17)12-7-10(1-4-16-12)11-2-5-19-14(8-11)3-6-18-9-14/h10-12,16H,1-9H2,(H2,15,17). The van der Waals surface area contributed by atoms with E-state index in [2.05, 4.69) is 5.32 Å². The van der Waals surface area contributed by atoms with Crippen molar-refractivity contribution in [2.45, 2.75) is 43.7 Å². The number of piperidine rings is 1. The topological polar surface area (TPSA) is 73.6 Å². The van der Waals surface area contributed by atoms with Crippen LogP contribution in [0, 0.1) is 11.8 Å². The molecule has 3 rings (SSSR count). The molecule has 5 nitrogen and oxygen atoms in total. The highest BCUT2D eigenvalue weighted by Crippen LogP contribution is 2.41. The van der Waals surface area contributed by atoms with E-state index in [0.29, 0.717) is 11.8 Å². The number of hydrogen-bond donors (Lipinski definition) is 2. The molecule has 0 aromatic rings. The van der Waals surface area contributed by atoms with Gasteiger partial charge in [-0.15, -0.1) is 0 Å².